The lowest BCUT2D eigenvalue weighted by Gasteiger charge is -2.28. The number of carbonyl (C=O) groups excluding carboxylic acids is 2. The summed E-state index contributed by atoms with van der Waals surface area (Å²) < 4.78 is 5.39. The molecular formula is C27H28N4O7S. The first-order valence-electron chi connectivity index (χ1n) is 11.8. The molecule has 1 amide bonds. The Kier molecular flexibility index (Phi) is 9.90. The number of nitrogens with zero attached hydrogens (tertiary/aromatic N) is 1. The number of rotatable bonds is 13. The van der Waals surface area contributed by atoms with Crippen molar-refractivity contribution in [3.8, 4) is 5.75 Å². The number of carboxylic acid groups (broad SMARTS) is 2. The van der Waals surface area contributed by atoms with Crippen molar-refractivity contribution in [1.29, 1.82) is 5.41 Å². The van der Waals surface area contributed by atoms with E-state index in [0.29, 0.717) is 16.2 Å². The first-order valence-corrected chi connectivity index (χ1v) is 12.6. The molecule has 0 unspecified atom stereocenters. The Labute approximate surface area is 228 Å². The maximum Gasteiger partial charge on any atom is 0.353 e. The first kappa shape index (κ1) is 29.0. The number of ether oxygens (including phenoxy) is 1. The molecule has 11 nitrogen and oxygen atoms in total. The van der Waals surface area contributed by atoms with E-state index in [1.807, 2.05) is 30.3 Å². The molecule has 0 spiro atoms. The van der Waals surface area contributed by atoms with Crippen LogP contribution in [0.3, 0.4) is 0 Å². The van der Waals surface area contributed by atoms with Gasteiger partial charge in [0.15, 0.2) is 0 Å². The third-order valence-electron chi connectivity index (χ3n) is 5.74. The maximum absolute atomic E-state index is 13.2. The Morgan fingerprint density at radius 2 is 1.69 bits per heavy atom. The van der Waals surface area contributed by atoms with E-state index in [-0.39, 0.29) is 18.8 Å². The minimum Gasteiger partial charge on any atom is -0.481 e. The Morgan fingerprint density at radius 1 is 1.03 bits per heavy atom. The number of amidine groups is 1. The highest BCUT2D eigenvalue weighted by Crippen LogP contribution is 2.22. The second-order valence-electron chi connectivity index (χ2n) is 8.71. The molecule has 3 aromatic rings. The van der Waals surface area contributed by atoms with Gasteiger partial charge in [0.1, 0.15) is 22.5 Å². The summed E-state index contributed by atoms with van der Waals surface area (Å²) in [5.74, 6) is -3.78. The molecule has 1 aromatic heterocycles. The number of likely N-dealkylation sites (N-methyl/N-ethyl adjacent to an activating group) is 1. The summed E-state index contributed by atoms with van der Waals surface area (Å²) in [4.78, 5) is 51.2. The molecule has 0 radical (unpaired) electrons. The summed E-state index contributed by atoms with van der Waals surface area (Å²) in [7, 11) is 1.69. The van der Waals surface area contributed by atoms with Crippen molar-refractivity contribution in [3.63, 3.8) is 0 Å². The van der Waals surface area contributed by atoms with Crippen LogP contribution >= 0.6 is 11.3 Å². The quantitative estimate of drug-likeness (QED) is 0.0919. The average Bonchev–Trinajstić information content (AvgIpc) is 3.36. The van der Waals surface area contributed by atoms with Crippen LogP contribution in [0.4, 0.5) is 0 Å². The Hall–Kier alpha value is -4.55. The van der Waals surface area contributed by atoms with Crippen molar-refractivity contribution >= 4 is 41.0 Å². The summed E-state index contributed by atoms with van der Waals surface area (Å²) in [6.07, 6.45) is -0.504. The smallest absolute Gasteiger partial charge is 0.353 e. The third kappa shape index (κ3) is 8.48. The molecule has 39 heavy (non-hydrogen) atoms. The number of carboxylic acids is 2. The number of esters is 1. The molecular weight excluding hydrogens is 524 g/mol. The van der Waals surface area contributed by atoms with Crippen molar-refractivity contribution < 1.29 is 34.1 Å². The van der Waals surface area contributed by atoms with Crippen molar-refractivity contribution in [2.75, 3.05) is 7.05 Å². The number of carbonyl (C=O) groups is 4. The summed E-state index contributed by atoms with van der Waals surface area (Å²) in [6, 6.07) is 16.3. The molecule has 0 fully saturated rings. The molecule has 204 valence electrons. The van der Waals surface area contributed by atoms with Gasteiger partial charge in [-0.1, -0.05) is 30.3 Å². The van der Waals surface area contributed by atoms with Gasteiger partial charge in [-0.15, -0.1) is 11.3 Å². The normalized spacial score (nSPS) is 12.4. The van der Waals surface area contributed by atoms with E-state index in [0.717, 1.165) is 10.4 Å². The SMILES string of the molecule is CN(Cc1ccc(C(=O)Oc2ccc(C(=N)N)cc2)s1)[C@@H](Cc1ccccc1)C(=O)N[C@@H](CC(=O)O)C(=O)O. The van der Waals surface area contributed by atoms with Crippen LogP contribution in [0.15, 0.2) is 66.7 Å². The summed E-state index contributed by atoms with van der Waals surface area (Å²) in [5, 5.41) is 28.2. The zero-order chi connectivity index (χ0) is 28.5. The van der Waals surface area contributed by atoms with Gasteiger partial charge in [-0.2, -0.15) is 0 Å². The van der Waals surface area contributed by atoms with E-state index in [9.17, 15) is 24.3 Å². The fraction of sp³-hybridized carbons (Fsp3) is 0.222. The Bertz CT molecular complexity index is 1340. The lowest BCUT2D eigenvalue weighted by molar-refractivity contribution is -0.147. The highest BCUT2D eigenvalue weighted by Gasteiger charge is 2.30. The molecule has 0 saturated heterocycles. The minimum absolute atomic E-state index is 0.0977. The number of hydrogen-bond acceptors (Lipinski definition) is 8. The Morgan fingerprint density at radius 3 is 2.28 bits per heavy atom. The number of nitrogens with one attached hydrogen (secondary N) is 2. The van der Waals surface area contributed by atoms with Crippen LogP contribution in [0.1, 0.15) is 32.1 Å². The lowest BCUT2D eigenvalue weighted by atomic mass is 10.0. The van der Waals surface area contributed by atoms with E-state index >= 15 is 0 Å². The highest BCUT2D eigenvalue weighted by atomic mass is 32.1. The number of hydrogen-bond donors (Lipinski definition) is 5. The fourth-order valence-electron chi connectivity index (χ4n) is 3.72. The van der Waals surface area contributed by atoms with Crippen LogP contribution in [0.2, 0.25) is 0 Å². The van der Waals surface area contributed by atoms with E-state index in [1.54, 1.807) is 48.3 Å². The van der Waals surface area contributed by atoms with Gasteiger partial charge in [0.2, 0.25) is 5.91 Å². The van der Waals surface area contributed by atoms with Crippen molar-refractivity contribution in [2.45, 2.75) is 31.5 Å². The van der Waals surface area contributed by atoms with Gasteiger partial charge >= 0.3 is 17.9 Å². The standard InChI is InChI=1S/C27H28N4O7S/c1-31(15-19-11-12-22(39-19)27(37)38-18-9-7-17(8-10-18)24(28)29)21(13-16-5-3-2-4-6-16)25(34)30-20(26(35)36)14-23(32)33/h2-12,20-21H,13-15H2,1H3,(H3,28,29)(H,30,34)(H,32,33)(H,35,36)/t20-,21-/m0/s1. The van der Waals surface area contributed by atoms with E-state index < -0.39 is 42.3 Å². The monoisotopic (exact) mass is 552 g/mol. The van der Waals surface area contributed by atoms with Crippen LogP contribution in [0, 0.1) is 5.41 Å². The molecule has 6 N–H and O–H groups in total. The zero-order valence-corrected chi connectivity index (χ0v) is 21.8. The van der Waals surface area contributed by atoms with Crippen LogP contribution in [0.5, 0.6) is 5.75 Å². The van der Waals surface area contributed by atoms with Gasteiger partial charge < -0.3 is 26.0 Å². The Balaban J connectivity index is 1.72. The number of amides is 1. The summed E-state index contributed by atoms with van der Waals surface area (Å²) >= 11 is 1.19. The molecule has 12 heteroatoms. The van der Waals surface area contributed by atoms with Crippen LogP contribution in [-0.2, 0) is 27.3 Å². The molecule has 3 rings (SSSR count). The molecule has 2 atom stereocenters. The van der Waals surface area contributed by atoms with Gasteiger partial charge in [-0.25, -0.2) is 9.59 Å². The van der Waals surface area contributed by atoms with Gasteiger partial charge in [-0.05, 0) is 55.4 Å². The summed E-state index contributed by atoms with van der Waals surface area (Å²) in [5.41, 5.74) is 6.77. The van der Waals surface area contributed by atoms with Crippen LogP contribution < -0.4 is 15.8 Å². The second-order valence-corrected chi connectivity index (χ2v) is 9.88. The number of benzene rings is 2. The third-order valence-corrected chi connectivity index (χ3v) is 6.79. The van der Waals surface area contributed by atoms with Gasteiger partial charge in [0.25, 0.3) is 0 Å². The number of nitrogens with two attached hydrogens (primary N) is 1. The molecule has 0 aliphatic carbocycles. The van der Waals surface area contributed by atoms with Crippen molar-refractivity contribution in [2.24, 2.45) is 5.73 Å². The first-order chi connectivity index (χ1) is 18.5. The topological polar surface area (TPSA) is 183 Å². The second kappa shape index (κ2) is 13.3. The van der Waals surface area contributed by atoms with Gasteiger partial charge in [0.05, 0.1) is 12.5 Å². The zero-order valence-electron chi connectivity index (χ0n) is 21.0. The largest absolute Gasteiger partial charge is 0.481 e. The van der Waals surface area contributed by atoms with Crippen molar-refractivity contribution in [3.05, 3.63) is 87.6 Å². The van der Waals surface area contributed by atoms with E-state index in [2.05, 4.69) is 5.32 Å². The summed E-state index contributed by atoms with van der Waals surface area (Å²) in [6.45, 7) is 0.257. The van der Waals surface area contributed by atoms with E-state index in [1.165, 1.54) is 11.3 Å². The minimum atomic E-state index is -1.57. The predicted molar refractivity (Wildman–Crippen MR) is 144 cm³/mol. The number of aliphatic carboxylic acids is 2. The molecule has 0 bridgehead atoms. The van der Waals surface area contributed by atoms with Gasteiger partial charge in [-0.3, -0.25) is 19.9 Å². The van der Waals surface area contributed by atoms with E-state index in [4.69, 9.17) is 21.0 Å². The molecule has 1 heterocycles. The molecule has 0 aliphatic heterocycles. The fourth-order valence-corrected chi connectivity index (χ4v) is 4.66. The highest BCUT2D eigenvalue weighted by molar-refractivity contribution is 7.13. The molecule has 2 aromatic carbocycles. The maximum atomic E-state index is 13.2. The van der Waals surface area contributed by atoms with Crippen LogP contribution in [0.25, 0.3) is 0 Å². The number of nitrogen functional groups attached to an aromatic ring is 1. The lowest BCUT2D eigenvalue weighted by Crippen LogP contribution is -2.51. The van der Waals surface area contributed by atoms with Crippen LogP contribution in [-0.4, -0.2) is 63.9 Å². The molecule has 0 aliphatic rings. The average molecular weight is 553 g/mol. The number of thiophene rings is 1. The van der Waals surface area contributed by atoms with Gasteiger partial charge in [0, 0.05) is 17.0 Å². The molecule has 0 saturated carbocycles. The van der Waals surface area contributed by atoms with Crippen molar-refractivity contribution in [1.82, 2.24) is 10.2 Å². The predicted octanol–water partition coefficient (Wildman–Crippen LogP) is 2.34.